The summed E-state index contributed by atoms with van der Waals surface area (Å²) in [5.74, 6) is 0.710. The quantitative estimate of drug-likeness (QED) is 0.481. The maximum atomic E-state index is 12.9. The lowest BCUT2D eigenvalue weighted by Gasteiger charge is -2.34. The average molecular weight is 494 g/mol. The number of benzene rings is 3. The van der Waals surface area contributed by atoms with Gasteiger partial charge in [0.15, 0.2) is 0 Å². The maximum absolute atomic E-state index is 12.9. The second kappa shape index (κ2) is 11.0. The molecule has 0 spiro atoms. The van der Waals surface area contributed by atoms with Gasteiger partial charge in [0.2, 0.25) is 10.0 Å². The molecule has 0 radical (unpaired) electrons. The van der Waals surface area contributed by atoms with Crippen LogP contribution in [0.2, 0.25) is 0 Å². The lowest BCUT2D eigenvalue weighted by molar-refractivity contribution is 0.0784. The van der Waals surface area contributed by atoms with Gasteiger partial charge in [-0.15, -0.1) is 0 Å². The molecule has 0 bridgehead atoms. The minimum absolute atomic E-state index is 0.0535. The second-order valence-corrected chi connectivity index (χ2v) is 10.6. The number of hydrogen-bond acceptors (Lipinski definition) is 5. The number of hydrogen-bond donors (Lipinski definition) is 0. The molecule has 8 heteroatoms. The Hall–Kier alpha value is -3.20. The summed E-state index contributed by atoms with van der Waals surface area (Å²) < 4.78 is 32.6. The first kappa shape index (κ1) is 24.9. The standard InChI is InChI=1S/C27H31N3O4S/c1-28(21-24-8-6-7-11-26(24)34-2)27(31)23-14-12-22(13-15-23)20-29-16-18-30(19-17-29)35(32,33)25-9-4-3-5-10-25/h3-15H,16-21H2,1-2H3. The number of sulfonamides is 1. The number of nitrogens with zero attached hydrogens (tertiary/aromatic N) is 3. The van der Waals surface area contributed by atoms with Gasteiger partial charge in [-0.25, -0.2) is 8.42 Å². The Bertz CT molecular complexity index is 1240. The molecule has 0 saturated carbocycles. The molecule has 35 heavy (non-hydrogen) atoms. The van der Waals surface area contributed by atoms with Crippen molar-refractivity contribution in [3.05, 3.63) is 95.6 Å². The van der Waals surface area contributed by atoms with Gasteiger partial charge < -0.3 is 9.64 Å². The Labute approximate surface area is 207 Å². The largest absolute Gasteiger partial charge is 0.496 e. The lowest BCUT2D eigenvalue weighted by Crippen LogP contribution is -2.48. The van der Waals surface area contributed by atoms with E-state index < -0.39 is 10.0 Å². The van der Waals surface area contributed by atoms with Crippen LogP contribution in [0.5, 0.6) is 5.75 Å². The summed E-state index contributed by atoms with van der Waals surface area (Å²) in [5, 5.41) is 0. The minimum atomic E-state index is -3.45. The molecule has 184 valence electrons. The van der Waals surface area contributed by atoms with Crippen LogP contribution in [0, 0.1) is 0 Å². The van der Waals surface area contributed by atoms with Crippen molar-refractivity contribution < 1.29 is 17.9 Å². The van der Waals surface area contributed by atoms with Crippen molar-refractivity contribution >= 4 is 15.9 Å². The summed E-state index contributed by atoms with van der Waals surface area (Å²) in [6.45, 7) is 3.41. The minimum Gasteiger partial charge on any atom is -0.496 e. The van der Waals surface area contributed by atoms with E-state index >= 15 is 0 Å². The number of para-hydroxylation sites is 1. The van der Waals surface area contributed by atoms with Crippen molar-refractivity contribution in [3.63, 3.8) is 0 Å². The zero-order valence-electron chi connectivity index (χ0n) is 20.1. The zero-order chi connectivity index (χ0) is 24.8. The Morgan fingerprint density at radius 3 is 2.17 bits per heavy atom. The smallest absolute Gasteiger partial charge is 0.253 e. The average Bonchev–Trinajstić information content (AvgIpc) is 2.90. The summed E-state index contributed by atoms with van der Waals surface area (Å²) in [4.78, 5) is 17.2. The fourth-order valence-corrected chi connectivity index (χ4v) is 5.70. The Balaban J connectivity index is 1.31. The van der Waals surface area contributed by atoms with Crippen LogP contribution in [0.15, 0.2) is 83.8 Å². The number of carbonyl (C=O) groups excluding carboxylic acids is 1. The van der Waals surface area contributed by atoms with E-state index in [4.69, 9.17) is 4.74 Å². The number of rotatable bonds is 8. The summed E-state index contributed by atoms with van der Waals surface area (Å²) in [6.07, 6.45) is 0. The van der Waals surface area contributed by atoms with Crippen LogP contribution < -0.4 is 4.74 Å². The van der Waals surface area contributed by atoms with Crippen LogP contribution in [-0.4, -0.2) is 68.8 Å². The Kier molecular flexibility index (Phi) is 7.85. The molecule has 1 heterocycles. The molecule has 7 nitrogen and oxygen atoms in total. The van der Waals surface area contributed by atoms with Crippen molar-refractivity contribution in [2.75, 3.05) is 40.3 Å². The Morgan fingerprint density at radius 1 is 0.886 bits per heavy atom. The van der Waals surface area contributed by atoms with E-state index in [0.717, 1.165) is 16.9 Å². The van der Waals surface area contributed by atoms with Gasteiger partial charge in [-0.2, -0.15) is 4.31 Å². The van der Waals surface area contributed by atoms with E-state index in [9.17, 15) is 13.2 Å². The van der Waals surface area contributed by atoms with E-state index in [2.05, 4.69) is 4.90 Å². The van der Waals surface area contributed by atoms with Crippen molar-refractivity contribution in [1.29, 1.82) is 0 Å². The molecule has 3 aromatic carbocycles. The lowest BCUT2D eigenvalue weighted by atomic mass is 10.1. The summed E-state index contributed by atoms with van der Waals surface area (Å²) in [7, 11) is -0.0423. The van der Waals surface area contributed by atoms with Gasteiger partial charge in [0.25, 0.3) is 5.91 Å². The van der Waals surface area contributed by atoms with Crippen molar-refractivity contribution in [3.8, 4) is 5.75 Å². The van der Waals surface area contributed by atoms with Crippen LogP contribution in [-0.2, 0) is 23.1 Å². The SMILES string of the molecule is COc1ccccc1CN(C)C(=O)c1ccc(CN2CCN(S(=O)(=O)c3ccccc3)CC2)cc1. The maximum Gasteiger partial charge on any atom is 0.253 e. The van der Waals surface area contributed by atoms with E-state index in [-0.39, 0.29) is 5.91 Å². The van der Waals surface area contributed by atoms with Gasteiger partial charge in [0, 0.05) is 57.4 Å². The van der Waals surface area contributed by atoms with Gasteiger partial charge in [-0.05, 0) is 35.9 Å². The first-order valence-electron chi connectivity index (χ1n) is 11.6. The summed E-state index contributed by atoms with van der Waals surface area (Å²) in [5.41, 5.74) is 2.68. The molecule has 4 rings (SSSR count). The van der Waals surface area contributed by atoms with Gasteiger partial charge in [-0.1, -0.05) is 48.5 Å². The number of methoxy groups -OCH3 is 1. The van der Waals surface area contributed by atoms with Crippen molar-refractivity contribution in [2.24, 2.45) is 0 Å². The molecule has 0 unspecified atom stereocenters. The van der Waals surface area contributed by atoms with Gasteiger partial charge >= 0.3 is 0 Å². The first-order valence-corrected chi connectivity index (χ1v) is 13.1. The second-order valence-electron chi connectivity index (χ2n) is 8.66. The highest BCUT2D eigenvalue weighted by Gasteiger charge is 2.28. The Morgan fingerprint density at radius 2 is 1.51 bits per heavy atom. The summed E-state index contributed by atoms with van der Waals surface area (Å²) >= 11 is 0. The predicted molar refractivity (Wildman–Crippen MR) is 136 cm³/mol. The molecule has 1 saturated heterocycles. The molecular weight excluding hydrogens is 462 g/mol. The predicted octanol–water partition coefficient (Wildman–Crippen LogP) is 3.47. The normalized spacial score (nSPS) is 15.0. The van der Waals surface area contributed by atoms with Crippen LogP contribution in [0.1, 0.15) is 21.5 Å². The number of amides is 1. The number of piperazine rings is 1. The highest BCUT2D eigenvalue weighted by molar-refractivity contribution is 7.89. The molecule has 0 aromatic heterocycles. The van der Waals surface area contributed by atoms with Crippen molar-refractivity contribution in [1.82, 2.24) is 14.1 Å². The number of ether oxygens (including phenoxy) is 1. The molecule has 0 atom stereocenters. The van der Waals surface area contributed by atoms with E-state index in [0.29, 0.717) is 49.7 Å². The molecule has 1 fully saturated rings. The van der Waals surface area contributed by atoms with Crippen LogP contribution >= 0.6 is 0 Å². The molecule has 1 amide bonds. The van der Waals surface area contributed by atoms with Gasteiger partial charge in [0.1, 0.15) is 5.75 Å². The third-order valence-electron chi connectivity index (χ3n) is 6.27. The van der Waals surface area contributed by atoms with Gasteiger partial charge in [0.05, 0.1) is 12.0 Å². The van der Waals surface area contributed by atoms with Gasteiger partial charge in [-0.3, -0.25) is 9.69 Å². The van der Waals surface area contributed by atoms with Crippen LogP contribution in [0.4, 0.5) is 0 Å². The van der Waals surface area contributed by atoms with Crippen LogP contribution in [0.25, 0.3) is 0 Å². The molecular formula is C27H31N3O4S. The zero-order valence-corrected chi connectivity index (χ0v) is 20.9. The highest BCUT2D eigenvalue weighted by Crippen LogP contribution is 2.21. The van der Waals surface area contributed by atoms with E-state index in [1.54, 1.807) is 47.6 Å². The highest BCUT2D eigenvalue weighted by atomic mass is 32.2. The third-order valence-corrected chi connectivity index (χ3v) is 8.18. The fourth-order valence-electron chi connectivity index (χ4n) is 4.26. The molecule has 0 aliphatic carbocycles. The number of carbonyl (C=O) groups is 1. The molecule has 3 aromatic rings. The fraction of sp³-hybridized carbons (Fsp3) is 0.296. The topological polar surface area (TPSA) is 70.2 Å². The third kappa shape index (κ3) is 5.90. The van der Waals surface area contributed by atoms with Crippen molar-refractivity contribution in [2.45, 2.75) is 18.0 Å². The monoisotopic (exact) mass is 493 g/mol. The molecule has 1 aliphatic rings. The molecule has 0 N–H and O–H groups in total. The van der Waals surface area contributed by atoms with E-state index in [1.807, 2.05) is 54.6 Å². The summed E-state index contributed by atoms with van der Waals surface area (Å²) in [6, 6.07) is 23.9. The first-order chi connectivity index (χ1) is 16.9. The van der Waals surface area contributed by atoms with Crippen LogP contribution in [0.3, 0.4) is 0 Å². The molecule has 1 aliphatic heterocycles. The van der Waals surface area contributed by atoms with E-state index in [1.165, 1.54) is 0 Å².